The summed E-state index contributed by atoms with van der Waals surface area (Å²) in [6.07, 6.45) is 2.03. The minimum absolute atomic E-state index is 0.225. The van der Waals surface area contributed by atoms with Gasteiger partial charge in [-0.15, -0.1) is 0 Å². The number of para-hydroxylation sites is 6. The maximum absolute atomic E-state index is 7.26. The van der Waals surface area contributed by atoms with Gasteiger partial charge in [0.05, 0.1) is 0 Å². The lowest BCUT2D eigenvalue weighted by Crippen LogP contribution is -2.32. The van der Waals surface area contributed by atoms with Crippen molar-refractivity contribution in [3.63, 3.8) is 0 Å². The van der Waals surface area contributed by atoms with E-state index in [0.29, 0.717) is 33.8 Å². The van der Waals surface area contributed by atoms with E-state index in [-0.39, 0.29) is 5.41 Å². The van der Waals surface area contributed by atoms with Crippen LogP contribution in [0.5, 0.6) is 23.0 Å². The van der Waals surface area contributed by atoms with Gasteiger partial charge in [0.25, 0.3) is 0 Å². The second kappa shape index (κ2) is 39.9. The van der Waals surface area contributed by atoms with Crippen molar-refractivity contribution >= 4 is 145 Å². The van der Waals surface area contributed by atoms with Crippen molar-refractivity contribution in [1.82, 2.24) is 0 Å². The highest BCUT2D eigenvalue weighted by molar-refractivity contribution is 7.80. The highest BCUT2D eigenvalue weighted by atomic mass is 31.1. The SMILES string of the molecule is CC1(C)c2cccc(P(c3ccccc3)c3ccccc3)c2Oc2c(P(c3ccccc3)c3ccccc3)cccc21.Cc1cc(C)c(Op2oc3ccccc3c3ccccc3o2)c(-c2cc(C)cc(C)c2Op2oc3ccccc3c3ccccc3o2)c1.c1ccc(P(Cc2ccccc2-c2ccccc2CP(c2ccccc2)c2ccccc2)c2ccccc2)cc1. The number of benzene rings is 18. The topological polar surface area (TPSA) is 80.2 Å². The van der Waals surface area contributed by atoms with Crippen molar-refractivity contribution in [3.05, 3.63) is 493 Å². The van der Waals surface area contributed by atoms with Crippen LogP contribution in [-0.2, 0) is 17.7 Å². The van der Waals surface area contributed by atoms with Crippen LogP contribution in [0.25, 0.3) is 66.1 Å². The van der Waals surface area contributed by atoms with E-state index in [1.54, 1.807) is 0 Å². The number of ether oxygens (including phenoxy) is 1. The standard InChI is InChI=1S/C40H32O6P2.C39H32OP2.C38H32P2/c1-25-21-27(3)39(45-47-41-35-17-9-5-13-29(35)30-14-6-10-18-36(30)42-47)33(23-25)34-24-26(2)22-28(4)40(34)46-48-43-37-19-11-7-15-31(37)32-16-8-12-20-38(32)44-48;1-39(2)33-25-15-27-35(41(29-17-7-3-8-18-29)30-19-9-4-10-20-30)37(33)40-38-34(39)26-16-28-36(38)42(31-21-11-5-12-22-31)32-23-13-6-14-24-32;1-5-19-33(20-6-1)39(34-21-7-2-8-22-34)29-31-17-13-15-27-37(31)38-28-16-14-18-32(38)30-40(35-23-9-3-10-24-35)36-25-11-4-12-26-36/h5-24H,1-4H3;3-28H,1-2H3;1-28H,29-30H2. The molecule has 21 rings (SSSR count). The van der Waals surface area contributed by atoms with Crippen LogP contribution in [0.2, 0.25) is 0 Å². The Hall–Kier alpha value is -13.1. The van der Waals surface area contributed by atoms with Crippen LogP contribution in [0.3, 0.4) is 0 Å². The fourth-order valence-corrected chi connectivity index (χ4v) is 29.3. The normalized spacial score (nSPS) is 11.9. The van der Waals surface area contributed by atoms with E-state index in [9.17, 15) is 0 Å². The molecule has 0 saturated heterocycles. The second-order valence-electron chi connectivity index (χ2n) is 32.8. The predicted molar refractivity (Wildman–Crippen MR) is 555 cm³/mol. The van der Waals surface area contributed by atoms with Crippen LogP contribution in [0, 0.1) is 27.7 Å². The summed E-state index contributed by atoms with van der Waals surface area (Å²) >= 11 is 0. The van der Waals surface area contributed by atoms with Gasteiger partial charge in [-0.05, 0) is 183 Å². The van der Waals surface area contributed by atoms with Crippen molar-refractivity contribution in [3.8, 4) is 45.3 Å². The first kappa shape index (κ1) is 86.3. The van der Waals surface area contributed by atoms with Gasteiger partial charge in [0.2, 0.25) is 0 Å². The zero-order valence-corrected chi connectivity index (χ0v) is 78.5. The molecule has 0 amide bonds. The third-order valence-electron chi connectivity index (χ3n) is 23.6. The molecule has 0 spiro atoms. The van der Waals surface area contributed by atoms with Gasteiger partial charge in [-0.1, -0.05) is 426 Å². The van der Waals surface area contributed by atoms with Gasteiger partial charge < -0.3 is 30.6 Å². The maximum atomic E-state index is 7.26. The lowest BCUT2D eigenvalue weighted by Gasteiger charge is -2.38. The van der Waals surface area contributed by atoms with Crippen molar-refractivity contribution in [1.29, 1.82) is 0 Å². The number of aryl methyl sites for hydroxylation is 4. The van der Waals surface area contributed by atoms with Gasteiger partial charge in [-0.2, -0.15) is 0 Å². The molecular formula is C117H96O7P6. The van der Waals surface area contributed by atoms with E-state index in [0.717, 1.165) is 78.7 Å². The summed E-state index contributed by atoms with van der Waals surface area (Å²) in [5.74, 6) is 3.34. The van der Waals surface area contributed by atoms with Gasteiger partial charge in [0.1, 0.15) is 45.3 Å². The maximum Gasteiger partial charge on any atom is 0.453 e. The average Bonchev–Trinajstić information content (AvgIpc) is 0.793. The Balaban J connectivity index is 0.000000127. The van der Waals surface area contributed by atoms with E-state index in [4.69, 9.17) is 30.6 Å². The van der Waals surface area contributed by atoms with Gasteiger partial charge in [-0.25, -0.2) is 0 Å². The lowest BCUT2D eigenvalue weighted by molar-refractivity contribution is 0.425. The van der Waals surface area contributed by atoms with E-state index in [1.807, 2.05) is 111 Å². The molecule has 1 aliphatic rings. The van der Waals surface area contributed by atoms with E-state index in [2.05, 4.69) is 380 Å². The molecule has 0 unspecified atom stereocenters. The molecule has 3 heterocycles. The number of fused-ring (bicyclic) bond motifs is 8. The molecule has 0 saturated carbocycles. The van der Waals surface area contributed by atoms with Gasteiger partial charge >= 0.3 is 16.5 Å². The van der Waals surface area contributed by atoms with Crippen LogP contribution in [0.15, 0.2) is 466 Å². The van der Waals surface area contributed by atoms with Gasteiger partial charge in [-0.3, -0.25) is 0 Å². The Bertz CT molecular complexity index is 6720. The highest BCUT2D eigenvalue weighted by Crippen LogP contribution is 2.55. The van der Waals surface area contributed by atoms with E-state index in [1.165, 1.54) is 86.4 Å². The number of rotatable bonds is 20. The molecule has 1 aliphatic heterocycles. The molecule has 0 bridgehead atoms. The van der Waals surface area contributed by atoms with Crippen LogP contribution < -0.4 is 66.8 Å². The Morgan fingerprint density at radius 1 is 0.254 bits per heavy atom. The largest absolute Gasteiger partial charge is 0.455 e. The Morgan fingerprint density at radius 3 is 0.800 bits per heavy atom. The second-order valence-corrected chi connectivity index (χ2v) is 43.5. The molecule has 0 aliphatic carbocycles. The third-order valence-corrected chi connectivity index (χ3v) is 35.6. The molecule has 0 N–H and O–H groups in total. The summed E-state index contributed by atoms with van der Waals surface area (Å²) < 4.78 is 46.6. The first-order chi connectivity index (χ1) is 63.9. The van der Waals surface area contributed by atoms with Crippen LogP contribution in [-0.4, -0.2) is 0 Å². The molecule has 7 nitrogen and oxygen atoms in total. The summed E-state index contributed by atoms with van der Waals surface area (Å²) in [4.78, 5) is 0. The molecule has 0 radical (unpaired) electrons. The highest BCUT2D eigenvalue weighted by Gasteiger charge is 2.40. The summed E-state index contributed by atoms with van der Waals surface area (Å²) in [7, 11) is -6.44. The van der Waals surface area contributed by atoms with Gasteiger partial charge in [0.15, 0.2) is 0 Å². The molecular weight excluding hydrogens is 1700 g/mol. The predicted octanol–water partition coefficient (Wildman–Crippen LogP) is 29.7. The minimum atomic E-state index is -1.87. The molecule has 0 atom stereocenters. The smallest absolute Gasteiger partial charge is 0.453 e. The van der Waals surface area contributed by atoms with Gasteiger partial charge in [0, 0.05) is 72.1 Å². The van der Waals surface area contributed by atoms with Crippen molar-refractivity contribution in [2.75, 3.05) is 0 Å². The van der Waals surface area contributed by atoms with Crippen LogP contribution in [0.4, 0.5) is 0 Å². The first-order valence-electron chi connectivity index (χ1n) is 43.9. The Morgan fingerprint density at radius 2 is 0.508 bits per heavy atom. The summed E-state index contributed by atoms with van der Waals surface area (Å²) in [6, 6.07) is 160. The van der Waals surface area contributed by atoms with Crippen LogP contribution >= 0.6 is 48.2 Å². The van der Waals surface area contributed by atoms with E-state index >= 15 is 0 Å². The lowest BCUT2D eigenvalue weighted by atomic mass is 9.76. The Kier molecular flexibility index (Phi) is 26.5. The minimum Gasteiger partial charge on any atom is -0.455 e. The molecule has 18 aromatic carbocycles. The monoisotopic (exact) mass is 1800 g/mol. The zero-order chi connectivity index (χ0) is 88.3. The fraction of sp³-hybridized carbons (Fsp3) is 0.0769. The van der Waals surface area contributed by atoms with Crippen molar-refractivity contribution in [2.45, 2.75) is 59.3 Å². The van der Waals surface area contributed by atoms with E-state index < -0.39 is 48.2 Å². The first-order valence-corrected chi connectivity index (χ1v) is 51.8. The molecule has 13 heteroatoms. The number of hydrogen-bond acceptors (Lipinski definition) is 7. The third kappa shape index (κ3) is 18.9. The molecule has 130 heavy (non-hydrogen) atoms. The summed E-state index contributed by atoms with van der Waals surface area (Å²) in [5.41, 5.74) is 16.4. The fourth-order valence-electron chi connectivity index (χ4n) is 17.5. The molecule has 20 aromatic rings. The Labute approximate surface area is 768 Å². The number of hydrogen-bond donors (Lipinski definition) is 0. The zero-order valence-electron chi connectivity index (χ0n) is 73.2. The quantitative estimate of drug-likeness (QED) is 0.0703. The average molecular weight is 1800 g/mol. The van der Waals surface area contributed by atoms with Crippen LogP contribution in [0.1, 0.15) is 58.4 Å². The van der Waals surface area contributed by atoms with Crippen molar-refractivity contribution < 1.29 is 30.6 Å². The molecule has 636 valence electrons. The summed E-state index contributed by atoms with van der Waals surface area (Å²) in [5, 5.41) is 17.3. The van der Waals surface area contributed by atoms with Crippen molar-refractivity contribution in [2.24, 2.45) is 0 Å². The summed E-state index contributed by atoms with van der Waals surface area (Å²) in [6.45, 7) is 12.9. The molecule has 2 aromatic heterocycles. The molecule has 0 fully saturated rings.